The van der Waals surface area contributed by atoms with E-state index in [1.165, 1.54) is 0 Å². The fourth-order valence-corrected chi connectivity index (χ4v) is 9.78. The third-order valence-electron chi connectivity index (χ3n) is 5.33. The number of benzene rings is 1. The second-order valence-corrected chi connectivity index (χ2v) is 13.3. The number of amides is 2. The molecule has 1 aliphatic heterocycles. The molecule has 0 radical (unpaired) electrons. The first-order valence-electron chi connectivity index (χ1n) is 9.95. The smallest absolute Gasteiger partial charge is 0.276 e. The van der Waals surface area contributed by atoms with Gasteiger partial charge in [0, 0.05) is 7.89 Å². The maximum atomic E-state index is 12.5. The summed E-state index contributed by atoms with van der Waals surface area (Å²) in [4.78, 5) is 25.0. The summed E-state index contributed by atoms with van der Waals surface area (Å²) < 4.78 is 15.1. The van der Waals surface area contributed by atoms with Crippen molar-refractivity contribution in [3.8, 4) is 0 Å². The molecule has 2 rings (SSSR count). The highest BCUT2D eigenvalue weighted by Gasteiger charge is 2.46. The summed E-state index contributed by atoms with van der Waals surface area (Å²) in [6.45, 7) is 14.1. The lowest BCUT2D eigenvalue weighted by molar-refractivity contribution is 0.0532. The van der Waals surface area contributed by atoms with E-state index in [0.29, 0.717) is 27.8 Å². The predicted octanol–water partition coefficient (Wildman–Crippen LogP) is 4.37. The SMILES string of the molecule is [2H][C@H](NN1C(=O)c2ccccc2C1=O)[C@@H](C)O[Si](C(C)C)(C(C)C)C(C)C. The van der Waals surface area contributed by atoms with E-state index in [0.717, 1.165) is 5.01 Å². The van der Waals surface area contributed by atoms with E-state index in [2.05, 4.69) is 47.0 Å². The number of hydrazine groups is 1. The topological polar surface area (TPSA) is 58.6 Å². The Morgan fingerprint density at radius 3 is 1.77 bits per heavy atom. The minimum absolute atomic E-state index is 0.367. The van der Waals surface area contributed by atoms with Gasteiger partial charge in [-0.2, -0.15) is 0 Å². The second kappa shape index (κ2) is 8.02. The maximum absolute atomic E-state index is 12.5. The first-order chi connectivity index (χ1) is 12.5. The van der Waals surface area contributed by atoms with Gasteiger partial charge in [-0.1, -0.05) is 53.7 Å². The molecule has 0 spiro atoms. The van der Waals surface area contributed by atoms with Crippen LogP contribution in [0.2, 0.25) is 16.6 Å². The van der Waals surface area contributed by atoms with Gasteiger partial charge in [0.2, 0.25) is 8.32 Å². The van der Waals surface area contributed by atoms with Crippen LogP contribution in [0.4, 0.5) is 0 Å². The number of rotatable bonds is 8. The highest BCUT2D eigenvalue weighted by molar-refractivity contribution is 6.77. The van der Waals surface area contributed by atoms with Crippen LogP contribution >= 0.6 is 0 Å². The van der Waals surface area contributed by atoms with E-state index < -0.39 is 32.8 Å². The standard InChI is InChI=1S/C20H32N2O3Si/c1-13(2)26(14(3)4,15(5)6)25-16(7)12-21-22-19(23)17-10-8-9-11-18(17)20(22)24/h8-11,13-16,21H,12H2,1-7H3/t16-/m1/s1/i12D/t12-,16+/m0. The van der Waals surface area contributed by atoms with Crippen molar-refractivity contribution >= 4 is 20.1 Å². The summed E-state index contributed by atoms with van der Waals surface area (Å²) in [7, 11) is -2.16. The van der Waals surface area contributed by atoms with Gasteiger partial charge in [-0.05, 0) is 35.7 Å². The maximum Gasteiger partial charge on any atom is 0.276 e. The van der Waals surface area contributed by atoms with E-state index in [4.69, 9.17) is 5.80 Å². The van der Waals surface area contributed by atoms with Crippen LogP contribution < -0.4 is 5.43 Å². The van der Waals surface area contributed by atoms with Gasteiger partial charge in [-0.15, -0.1) is 0 Å². The molecule has 0 saturated carbocycles. The summed E-state index contributed by atoms with van der Waals surface area (Å²) in [5.74, 6) is -0.833. The molecule has 0 aromatic heterocycles. The lowest BCUT2D eigenvalue weighted by Gasteiger charge is -2.44. The van der Waals surface area contributed by atoms with Crippen LogP contribution in [0.3, 0.4) is 0 Å². The largest absolute Gasteiger partial charge is 0.412 e. The molecule has 0 saturated heterocycles. The lowest BCUT2D eigenvalue weighted by Crippen LogP contribution is -2.53. The highest BCUT2D eigenvalue weighted by atomic mass is 28.4. The van der Waals surface area contributed by atoms with Gasteiger partial charge < -0.3 is 4.43 Å². The van der Waals surface area contributed by atoms with Crippen molar-refractivity contribution in [1.82, 2.24) is 10.4 Å². The van der Waals surface area contributed by atoms with Crippen LogP contribution in [-0.4, -0.2) is 37.8 Å². The first-order valence-corrected chi connectivity index (χ1v) is 11.5. The minimum atomic E-state index is -2.16. The monoisotopic (exact) mass is 377 g/mol. The Morgan fingerprint density at radius 1 is 0.962 bits per heavy atom. The fourth-order valence-electron chi connectivity index (χ4n) is 4.25. The van der Waals surface area contributed by atoms with Crippen molar-refractivity contribution in [1.29, 1.82) is 0 Å². The number of carbonyl (C=O) groups is 2. The van der Waals surface area contributed by atoms with Crippen LogP contribution in [0.25, 0.3) is 0 Å². The van der Waals surface area contributed by atoms with Gasteiger partial charge in [0.25, 0.3) is 11.8 Å². The summed E-state index contributed by atoms with van der Waals surface area (Å²) >= 11 is 0. The molecule has 2 atom stereocenters. The summed E-state index contributed by atoms with van der Waals surface area (Å²) in [6, 6.07) is 6.71. The van der Waals surface area contributed by atoms with E-state index in [9.17, 15) is 9.59 Å². The minimum Gasteiger partial charge on any atom is -0.412 e. The number of hydrogen-bond acceptors (Lipinski definition) is 4. The van der Waals surface area contributed by atoms with Crippen LogP contribution in [0.1, 0.15) is 70.6 Å². The van der Waals surface area contributed by atoms with Crippen LogP contribution in [0.15, 0.2) is 24.3 Å². The summed E-state index contributed by atoms with van der Waals surface area (Å²) in [5.41, 5.74) is 4.68. The fraction of sp³-hybridized carbons (Fsp3) is 0.600. The van der Waals surface area contributed by atoms with Crippen molar-refractivity contribution < 1.29 is 15.4 Å². The molecule has 1 aromatic rings. The Bertz CT molecular complexity index is 651. The zero-order chi connectivity index (χ0) is 20.5. The Labute approximate surface area is 159 Å². The predicted molar refractivity (Wildman–Crippen MR) is 107 cm³/mol. The molecule has 1 aromatic carbocycles. The van der Waals surface area contributed by atoms with Crippen molar-refractivity contribution in [3.63, 3.8) is 0 Å². The molecule has 0 fully saturated rings. The number of carbonyl (C=O) groups excluding carboxylic acids is 2. The van der Waals surface area contributed by atoms with E-state index >= 15 is 0 Å². The summed E-state index contributed by atoms with van der Waals surface area (Å²) in [5, 5.41) is 0.950. The van der Waals surface area contributed by atoms with Gasteiger partial charge in [0.1, 0.15) is 0 Å². The van der Waals surface area contributed by atoms with E-state index in [1.54, 1.807) is 24.3 Å². The van der Waals surface area contributed by atoms with Gasteiger partial charge in [0.15, 0.2) is 0 Å². The Kier molecular flexibility index (Phi) is 5.95. The average molecular weight is 378 g/mol. The molecular weight excluding hydrogens is 344 g/mol. The molecule has 2 amide bonds. The Hall–Kier alpha value is -1.50. The number of fused-ring (bicyclic) bond motifs is 1. The normalized spacial score (nSPS) is 17.9. The molecule has 1 N–H and O–H groups in total. The van der Waals surface area contributed by atoms with Crippen molar-refractivity contribution in [2.45, 2.75) is 71.2 Å². The van der Waals surface area contributed by atoms with Crippen LogP contribution in [0.5, 0.6) is 0 Å². The molecule has 5 nitrogen and oxygen atoms in total. The third-order valence-corrected chi connectivity index (χ3v) is 11.5. The van der Waals surface area contributed by atoms with Gasteiger partial charge in [-0.3, -0.25) is 9.59 Å². The number of hydrogen-bond donors (Lipinski definition) is 1. The quantitative estimate of drug-likeness (QED) is 0.540. The third kappa shape index (κ3) is 3.63. The van der Waals surface area contributed by atoms with Crippen molar-refractivity contribution in [2.24, 2.45) is 0 Å². The number of nitrogens with one attached hydrogen (secondary N) is 1. The van der Waals surface area contributed by atoms with Crippen LogP contribution in [0, 0.1) is 0 Å². The molecule has 1 aliphatic rings. The molecule has 26 heavy (non-hydrogen) atoms. The van der Waals surface area contributed by atoms with Gasteiger partial charge in [-0.25, -0.2) is 10.4 Å². The Morgan fingerprint density at radius 2 is 1.38 bits per heavy atom. The molecule has 6 heteroatoms. The molecule has 0 unspecified atom stereocenters. The molecule has 0 aliphatic carbocycles. The summed E-state index contributed by atoms with van der Waals surface area (Å²) in [6.07, 6.45) is -0.451. The van der Waals surface area contributed by atoms with Crippen LogP contribution in [-0.2, 0) is 4.43 Å². The van der Waals surface area contributed by atoms with Gasteiger partial charge >= 0.3 is 0 Å². The molecule has 1 heterocycles. The lowest BCUT2D eigenvalue weighted by atomic mass is 10.1. The Balaban J connectivity index is 2.15. The highest BCUT2D eigenvalue weighted by Crippen LogP contribution is 2.42. The van der Waals surface area contributed by atoms with Gasteiger partial charge in [0.05, 0.1) is 17.2 Å². The van der Waals surface area contributed by atoms with Crippen molar-refractivity contribution in [3.05, 3.63) is 35.4 Å². The second-order valence-electron chi connectivity index (χ2n) is 7.93. The molecule has 0 bridgehead atoms. The zero-order valence-corrected chi connectivity index (χ0v) is 17.9. The van der Waals surface area contributed by atoms with Crippen molar-refractivity contribution in [2.75, 3.05) is 6.52 Å². The number of nitrogens with zero attached hydrogens (tertiary/aromatic N) is 1. The van der Waals surface area contributed by atoms with E-state index in [-0.39, 0.29) is 0 Å². The number of imide groups is 1. The molecule has 144 valence electrons. The average Bonchev–Trinajstić information content (AvgIpc) is 2.83. The van der Waals surface area contributed by atoms with E-state index in [1.807, 2.05) is 6.92 Å². The first kappa shape index (κ1) is 19.3. The zero-order valence-electron chi connectivity index (χ0n) is 17.9. The molecular formula is C20H32N2O3Si.